The monoisotopic (exact) mass is 336 g/mol. The minimum Gasteiger partial charge on any atom is -0.310 e. The van der Waals surface area contributed by atoms with Gasteiger partial charge in [-0.3, -0.25) is 4.68 Å². The maximum absolute atomic E-state index is 4.39. The van der Waals surface area contributed by atoms with Crippen molar-refractivity contribution in [2.24, 2.45) is 0 Å². The Morgan fingerprint density at radius 2 is 2.10 bits per heavy atom. The van der Waals surface area contributed by atoms with Gasteiger partial charge in [0.15, 0.2) is 0 Å². The second kappa shape index (κ2) is 7.55. The topological polar surface area (TPSA) is 42.7 Å². The maximum atomic E-state index is 4.39. The van der Waals surface area contributed by atoms with E-state index in [1.807, 2.05) is 10.7 Å². The highest BCUT2D eigenvalue weighted by Gasteiger charge is 2.17. The van der Waals surface area contributed by atoms with Gasteiger partial charge in [0.1, 0.15) is 12.2 Å². The van der Waals surface area contributed by atoms with Crippen molar-refractivity contribution in [1.29, 1.82) is 0 Å². The first kappa shape index (κ1) is 15.2. The lowest BCUT2D eigenvalue weighted by atomic mass is 10.0. The van der Waals surface area contributed by atoms with Crippen LogP contribution in [-0.4, -0.2) is 21.3 Å². The lowest BCUT2D eigenvalue weighted by Crippen LogP contribution is -2.25. The predicted molar refractivity (Wildman–Crippen MR) is 84.6 cm³/mol. The fourth-order valence-corrected chi connectivity index (χ4v) is 2.82. The van der Waals surface area contributed by atoms with Crippen molar-refractivity contribution >= 4 is 15.9 Å². The first-order valence-corrected chi connectivity index (χ1v) is 7.90. The van der Waals surface area contributed by atoms with Crippen LogP contribution >= 0.6 is 15.9 Å². The Hall–Kier alpha value is -1.20. The summed E-state index contributed by atoms with van der Waals surface area (Å²) in [5, 5.41) is 7.86. The summed E-state index contributed by atoms with van der Waals surface area (Å²) < 4.78 is 3.09. The Bertz CT molecular complexity index is 538. The van der Waals surface area contributed by atoms with E-state index < -0.39 is 0 Å². The standard InChI is InChI=1S/C15H21BrN4/c1-3-9-17-14(12-7-5-6-8-13(12)16)10-15-18-11-19-20(15)4-2/h5-8,11,14,17H,3-4,9-10H2,1-2H3. The summed E-state index contributed by atoms with van der Waals surface area (Å²) in [5.74, 6) is 1.02. The Kier molecular flexibility index (Phi) is 5.73. The fourth-order valence-electron chi connectivity index (χ4n) is 2.26. The average Bonchev–Trinajstić information content (AvgIpc) is 2.91. The van der Waals surface area contributed by atoms with Gasteiger partial charge >= 0.3 is 0 Å². The molecule has 0 aliphatic carbocycles. The summed E-state index contributed by atoms with van der Waals surface area (Å²) in [6.07, 6.45) is 3.59. The molecule has 108 valence electrons. The van der Waals surface area contributed by atoms with Crippen molar-refractivity contribution in [3.63, 3.8) is 0 Å². The summed E-state index contributed by atoms with van der Waals surface area (Å²) in [5.41, 5.74) is 1.27. The van der Waals surface area contributed by atoms with Gasteiger partial charge in [-0.25, -0.2) is 4.98 Å². The molecule has 0 bridgehead atoms. The zero-order valence-corrected chi connectivity index (χ0v) is 13.6. The van der Waals surface area contributed by atoms with Crippen molar-refractivity contribution in [2.45, 2.75) is 39.3 Å². The molecule has 2 rings (SSSR count). The molecule has 0 saturated heterocycles. The third-order valence-corrected chi connectivity index (χ3v) is 4.03. The minimum atomic E-state index is 0.250. The first-order valence-electron chi connectivity index (χ1n) is 7.10. The number of halogens is 1. The number of aromatic nitrogens is 3. The van der Waals surface area contributed by atoms with E-state index in [9.17, 15) is 0 Å². The van der Waals surface area contributed by atoms with Crippen molar-refractivity contribution in [3.8, 4) is 0 Å². The van der Waals surface area contributed by atoms with Gasteiger partial charge in [0.2, 0.25) is 0 Å². The summed E-state index contributed by atoms with van der Waals surface area (Å²) >= 11 is 3.65. The van der Waals surface area contributed by atoms with E-state index in [0.717, 1.165) is 36.2 Å². The molecule has 0 aliphatic heterocycles. The van der Waals surface area contributed by atoms with Crippen LogP contribution in [-0.2, 0) is 13.0 Å². The molecule has 0 spiro atoms. The lowest BCUT2D eigenvalue weighted by molar-refractivity contribution is 0.495. The predicted octanol–water partition coefficient (Wildman–Crippen LogP) is 3.34. The SMILES string of the molecule is CCCNC(Cc1ncnn1CC)c1ccccc1Br. The average molecular weight is 337 g/mol. The summed E-state index contributed by atoms with van der Waals surface area (Å²) in [4.78, 5) is 4.39. The van der Waals surface area contributed by atoms with Crippen molar-refractivity contribution < 1.29 is 0 Å². The van der Waals surface area contributed by atoms with Gasteiger partial charge < -0.3 is 5.32 Å². The van der Waals surface area contributed by atoms with E-state index >= 15 is 0 Å². The van der Waals surface area contributed by atoms with Crippen LogP contribution in [0.1, 0.15) is 37.7 Å². The molecule has 0 radical (unpaired) electrons. The van der Waals surface area contributed by atoms with Gasteiger partial charge in [0, 0.05) is 23.5 Å². The van der Waals surface area contributed by atoms with Crippen LogP contribution in [0.15, 0.2) is 35.1 Å². The lowest BCUT2D eigenvalue weighted by Gasteiger charge is -2.20. The van der Waals surface area contributed by atoms with E-state index in [2.05, 4.69) is 63.4 Å². The number of nitrogens with one attached hydrogen (secondary N) is 1. The van der Waals surface area contributed by atoms with Crippen LogP contribution in [0.4, 0.5) is 0 Å². The maximum Gasteiger partial charge on any atom is 0.138 e. The van der Waals surface area contributed by atoms with Gasteiger partial charge in [-0.05, 0) is 31.5 Å². The van der Waals surface area contributed by atoms with Gasteiger partial charge in [0.25, 0.3) is 0 Å². The number of nitrogens with zero attached hydrogens (tertiary/aromatic N) is 3. The molecule has 1 atom stereocenters. The smallest absolute Gasteiger partial charge is 0.138 e. The number of benzene rings is 1. The second-order valence-electron chi connectivity index (χ2n) is 4.72. The molecular formula is C15H21BrN4. The van der Waals surface area contributed by atoms with Gasteiger partial charge in [-0.15, -0.1) is 0 Å². The Morgan fingerprint density at radius 1 is 1.30 bits per heavy atom. The number of hydrogen-bond acceptors (Lipinski definition) is 3. The fraction of sp³-hybridized carbons (Fsp3) is 0.467. The van der Waals surface area contributed by atoms with Crippen molar-refractivity contribution in [2.75, 3.05) is 6.54 Å². The van der Waals surface area contributed by atoms with E-state index in [4.69, 9.17) is 0 Å². The molecule has 1 N–H and O–H groups in total. The van der Waals surface area contributed by atoms with Crippen molar-refractivity contribution in [1.82, 2.24) is 20.1 Å². The van der Waals surface area contributed by atoms with Crippen molar-refractivity contribution in [3.05, 3.63) is 46.5 Å². The molecule has 0 fully saturated rings. The van der Waals surface area contributed by atoms with Crippen LogP contribution in [0.2, 0.25) is 0 Å². The van der Waals surface area contributed by atoms with E-state index in [1.54, 1.807) is 6.33 Å². The minimum absolute atomic E-state index is 0.250. The highest BCUT2D eigenvalue weighted by molar-refractivity contribution is 9.10. The third kappa shape index (κ3) is 3.67. The summed E-state index contributed by atoms with van der Waals surface area (Å²) in [6.45, 7) is 6.11. The first-order chi connectivity index (χ1) is 9.76. The number of aryl methyl sites for hydroxylation is 1. The number of rotatable bonds is 7. The Balaban J connectivity index is 2.22. The molecule has 1 heterocycles. The normalized spacial score (nSPS) is 12.6. The van der Waals surface area contributed by atoms with E-state index in [0.29, 0.717) is 0 Å². The quantitative estimate of drug-likeness (QED) is 0.843. The third-order valence-electron chi connectivity index (χ3n) is 3.30. The molecule has 1 unspecified atom stereocenters. The zero-order valence-electron chi connectivity index (χ0n) is 12.0. The van der Waals surface area contributed by atoms with Crippen LogP contribution in [0.5, 0.6) is 0 Å². The zero-order chi connectivity index (χ0) is 14.4. The highest BCUT2D eigenvalue weighted by atomic mass is 79.9. The van der Waals surface area contributed by atoms with E-state index in [-0.39, 0.29) is 6.04 Å². The molecule has 4 nitrogen and oxygen atoms in total. The highest BCUT2D eigenvalue weighted by Crippen LogP contribution is 2.25. The molecule has 20 heavy (non-hydrogen) atoms. The Labute approximate surface area is 128 Å². The molecule has 1 aromatic heterocycles. The Morgan fingerprint density at radius 3 is 2.80 bits per heavy atom. The molecular weight excluding hydrogens is 316 g/mol. The molecule has 2 aromatic rings. The summed E-state index contributed by atoms with van der Waals surface area (Å²) in [7, 11) is 0. The molecule has 0 amide bonds. The van der Waals surface area contributed by atoms with Crippen LogP contribution in [0.3, 0.4) is 0 Å². The van der Waals surface area contributed by atoms with Gasteiger partial charge in [-0.2, -0.15) is 5.10 Å². The molecule has 1 aromatic carbocycles. The molecule has 0 aliphatic rings. The van der Waals surface area contributed by atoms with Gasteiger partial charge in [-0.1, -0.05) is 41.1 Å². The largest absolute Gasteiger partial charge is 0.310 e. The number of hydrogen-bond donors (Lipinski definition) is 1. The van der Waals surface area contributed by atoms with Crippen LogP contribution < -0.4 is 5.32 Å². The molecule has 0 saturated carbocycles. The second-order valence-corrected chi connectivity index (χ2v) is 5.58. The molecule has 5 heteroatoms. The summed E-state index contributed by atoms with van der Waals surface area (Å²) in [6, 6.07) is 8.61. The van der Waals surface area contributed by atoms with Crippen LogP contribution in [0.25, 0.3) is 0 Å². The van der Waals surface area contributed by atoms with E-state index in [1.165, 1.54) is 5.56 Å². The van der Waals surface area contributed by atoms with Gasteiger partial charge in [0.05, 0.1) is 0 Å². The van der Waals surface area contributed by atoms with Crippen LogP contribution in [0, 0.1) is 0 Å².